The van der Waals surface area contributed by atoms with E-state index < -0.39 is 0 Å². The van der Waals surface area contributed by atoms with Gasteiger partial charge in [0.25, 0.3) is 0 Å². The molecule has 0 atom stereocenters. The van der Waals surface area contributed by atoms with Gasteiger partial charge in [-0.05, 0) is 59.9 Å². The Balaban J connectivity index is 1.96. The monoisotopic (exact) mass is 416 g/mol. The fourth-order valence-electron chi connectivity index (χ4n) is 3.49. The Morgan fingerprint density at radius 2 is 1.37 bits per heavy atom. The van der Waals surface area contributed by atoms with Crippen LogP contribution in [-0.4, -0.2) is 16.6 Å². The summed E-state index contributed by atoms with van der Waals surface area (Å²) in [7, 11) is 0. The predicted octanol–water partition coefficient (Wildman–Crippen LogP) is 7.54. The molecular formula is C27H32N2S. The van der Waals surface area contributed by atoms with Crippen molar-refractivity contribution in [3.05, 3.63) is 96.1 Å². The summed E-state index contributed by atoms with van der Waals surface area (Å²) in [5.74, 6) is 0.510. The minimum absolute atomic E-state index is 0.510. The van der Waals surface area contributed by atoms with Crippen LogP contribution in [0.3, 0.4) is 0 Å². The number of nitrogens with zero attached hydrogens (tertiary/aromatic N) is 2. The van der Waals surface area contributed by atoms with Crippen LogP contribution in [0.5, 0.6) is 0 Å². The maximum atomic E-state index is 6.11. The first-order valence-electron chi connectivity index (χ1n) is 10.9. The molecule has 0 aliphatic rings. The van der Waals surface area contributed by atoms with Crippen LogP contribution in [0.2, 0.25) is 0 Å². The summed E-state index contributed by atoms with van der Waals surface area (Å²) < 4.78 is 0. The molecule has 3 heteroatoms. The second kappa shape index (κ2) is 10.9. The van der Waals surface area contributed by atoms with E-state index in [0.29, 0.717) is 5.92 Å². The number of anilines is 2. The zero-order valence-electron chi connectivity index (χ0n) is 18.3. The number of thiocarbonyl (C=S) groups is 1. The van der Waals surface area contributed by atoms with E-state index in [4.69, 9.17) is 12.2 Å². The lowest BCUT2D eigenvalue weighted by atomic mass is 10.0. The van der Waals surface area contributed by atoms with Crippen LogP contribution >= 0.6 is 12.2 Å². The van der Waals surface area contributed by atoms with Gasteiger partial charge in [-0.2, -0.15) is 0 Å². The van der Waals surface area contributed by atoms with Crippen molar-refractivity contribution < 1.29 is 0 Å². The van der Waals surface area contributed by atoms with Gasteiger partial charge in [0.1, 0.15) is 0 Å². The summed E-state index contributed by atoms with van der Waals surface area (Å²) in [5.41, 5.74) is 4.81. The van der Waals surface area contributed by atoms with Crippen molar-refractivity contribution in [1.82, 2.24) is 4.90 Å². The molecule has 3 rings (SSSR count). The molecule has 0 N–H and O–H groups in total. The second-order valence-electron chi connectivity index (χ2n) is 7.96. The first-order valence-corrected chi connectivity index (χ1v) is 11.3. The topological polar surface area (TPSA) is 6.48 Å². The number of hydrogen-bond donors (Lipinski definition) is 0. The normalized spacial score (nSPS) is 10.8. The quantitative estimate of drug-likeness (QED) is 0.350. The van der Waals surface area contributed by atoms with Gasteiger partial charge in [0, 0.05) is 24.5 Å². The molecule has 0 aliphatic heterocycles. The molecule has 0 spiro atoms. The van der Waals surface area contributed by atoms with Crippen LogP contribution in [0, 0.1) is 0 Å². The van der Waals surface area contributed by atoms with Crippen LogP contribution in [0.1, 0.15) is 50.7 Å². The average molecular weight is 417 g/mol. The Morgan fingerprint density at radius 1 is 0.800 bits per heavy atom. The van der Waals surface area contributed by atoms with Crippen molar-refractivity contribution in [1.29, 1.82) is 0 Å². The van der Waals surface area contributed by atoms with Crippen LogP contribution in [-0.2, 0) is 6.54 Å². The molecule has 0 fully saturated rings. The van der Waals surface area contributed by atoms with Crippen LogP contribution in [0.25, 0.3) is 0 Å². The third-order valence-electron chi connectivity index (χ3n) is 5.29. The highest BCUT2D eigenvalue weighted by Crippen LogP contribution is 2.29. The van der Waals surface area contributed by atoms with Gasteiger partial charge in [-0.1, -0.05) is 87.9 Å². The highest BCUT2D eigenvalue weighted by atomic mass is 32.1. The molecule has 2 nitrogen and oxygen atoms in total. The SMILES string of the molecule is CCCCN(Cc1ccccc1)C(=S)N(c1ccccc1)c1ccc(C(C)C)cc1. The molecule has 0 heterocycles. The maximum Gasteiger partial charge on any atom is 0.181 e. The lowest BCUT2D eigenvalue weighted by molar-refractivity contribution is 0.404. The van der Waals surface area contributed by atoms with E-state index in [9.17, 15) is 0 Å². The van der Waals surface area contributed by atoms with Crippen molar-refractivity contribution in [2.75, 3.05) is 11.4 Å². The van der Waals surface area contributed by atoms with Gasteiger partial charge in [-0.15, -0.1) is 0 Å². The van der Waals surface area contributed by atoms with Gasteiger partial charge in [-0.3, -0.25) is 4.90 Å². The van der Waals surface area contributed by atoms with Gasteiger partial charge < -0.3 is 4.90 Å². The Labute approximate surface area is 187 Å². The Hall–Kier alpha value is -2.65. The molecule has 0 amide bonds. The molecule has 0 saturated carbocycles. The van der Waals surface area contributed by atoms with E-state index in [0.717, 1.165) is 42.4 Å². The van der Waals surface area contributed by atoms with E-state index in [1.807, 2.05) is 6.07 Å². The fraction of sp³-hybridized carbons (Fsp3) is 0.296. The summed E-state index contributed by atoms with van der Waals surface area (Å²) in [5, 5.41) is 0.843. The van der Waals surface area contributed by atoms with Gasteiger partial charge >= 0.3 is 0 Å². The van der Waals surface area contributed by atoms with Crippen LogP contribution in [0.15, 0.2) is 84.9 Å². The summed E-state index contributed by atoms with van der Waals surface area (Å²) in [4.78, 5) is 4.54. The maximum absolute atomic E-state index is 6.11. The number of unbranched alkanes of at least 4 members (excludes halogenated alkanes) is 1. The molecule has 0 bridgehead atoms. The molecular weight excluding hydrogens is 384 g/mol. The number of benzene rings is 3. The minimum Gasteiger partial charge on any atom is -0.344 e. The number of hydrogen-bond acceptors (Lipinski definition) is 1. The summed E-state index contributed by atoms with van der Waals surface area (Å²) in [6, 6.07) is 29.8. The van der Waals surface area contributed by atoms with E-state index in [2.05, 4.69) is 109 Å². The van der Waals surface area contributed by atoms with E-state index in [1.54, 1.807) is 0 Å². The van der Waals surface area contributed by atoms with Crippen LogP contribution < -0.4 is 4.90 Å². The van der Waals surface area contributed by atoms with Crippen molar-refractivity contribution in [2.45, 2.75) is 46.1 Å². The second-order valence-corrected chi connectivity index (χ2v) is 8.33. The lowest BCUT2D eigenvalue weighted by Crippen LogP contribution is -2.40. The Bertz CT molecular complexity index is 905. The van der Waals surface area contributed by atoms with E-state index >= 15 is 0 Å². The lowest BCUT2D eigenvalue weighted by Gasteiger charge is -2.34. The molecule has 0 aliphatic carbocycles. The standard InChI is InChI=1S/C27H32N2S/c1-4-5-20-28(21-23-12-8-6-9-13-23)27(30)29(25-14-10-7-11-15-25)26-18-16-24(17-19-26)22(2)3/h6-19,22H,4-5,20-21H2,1-3H3. The summed E-state index contributed by atoms with van der Waals surface area (Å²) >= 11 is 6.11. The Kier molecular flexibility index (Phi) is 8.04. The highest BCUT2D eigenvalue weighted by Gasteiger charge is 2.20. The number of para-hydroxylation sites is 1. The summed E-state index contributed by atoms with van der Waals surface area (Å²) in [6.07, 6.45) is 2.25. The smallest absolute Gasteiger partial charge is 0.181 e. The highest BCUT2D eigenvalue weighted by molar-refractivity contribution is 7.80. The van der Waals surface area contributed by atoms with Gasteiger partial charge in [0.15, 0.2) is 5.11 Å². The van der Waals surface area contributed by atoms with E-state index in [1.165, 1.54) is 11.1 Å². The molecule has 0 saturated heterocycles. The first kappa shape index (κ1) is 22.0. The predicted molar refractivity (Wildman–Crippen MR) is 133 cm³/mol. The van der Waals surface area contributed by atoms with Gasteiger partial charge in [0.2, 0.25) is 0 Å². The van der Waals surface area contributed by atoms with Crippen LogP contribution in [0.4, 0.5) is 11.4 Å². The third-order valence-corrected chi connectivity index (χ3v) is 5.73. The van der Waals surface area contributed by atoms with E-state index in [-0.39, 0.29) is 0 Å². The van der Waals surface area contributed by atoms with Crippen molar-refractivity contribution in [2.24, 2.45) is 0 Å². The van der Waals surface area contributed by atoms with Crippen molar-refractivity contribution >= 4 is 28.7 Å². The molecule has 3 aromatic rings. The van der Waals surface area contributed by atoms with Crippen molar-refractivity contribution in [3.63, 3.8) is 0 Å². The minimum atomic E-state index is 0.510. The summed E-state index contributed by atoms with van der Waals surface area (Å²) in [6.45, 7) is 8.43. The fourth-order valence-corrected chi connectivity index (χ4v) is 3.86. The van der Waals surface area contributed by atoms with Gasteiger partial charge in [0.05, 0.1) is 0 Å². The first-order chi connectivity index (χ1) is 14.6. The Morgan fingerprint density at radius 3 is 1.93 bits per heavy atom. The molecule has 156 valence electrons. The zero-order chi connectivity index (χ0) is 21.3. The van der Waals surface area contributed by atoms with Crippen molar-refractivity contribution in [3.8, 4) is 0 Å². The zero-order valence-corrected chi connectivity index (χ0v) is 19.1. The largest absolute Gasteiger partial charge is 0.344 e. The molecule has 0 aromatic heterocycles. The molecule has 0 radical (unpaired) electrons. The average Bonchev–Trinajstić information content (AvgIpc) is 2.78. The molecule has 30 heavy (non-hydrogen) atoms. The third kappa shape index (κ3) is 5.70. The molecule has 0 unspecified atom stereocenters. The van der Waals surface area contributed by atoms with Gasteiger partial charge in [-0.25, -0.2) is 0 Å². The number of rotatable bonds is 8. The molecule has 3 aromatic carbocycles.